The fourth-order valence-corrected chi connectivity index (χ4v) is 5.15. The van der Waals surface area contributed by atoms with Gasteiger partial charge in [0.2, 0.25) is 0 Å². The Morgan fingerprint density at radius 2 is 1.74 bits per heavy atom. The van der Waals surface area contributed by atoms with Crippen molar-refractivity contribution in [3.05, 3.63) is 95.7 Å². The average molecular weight is 614 g/mol. The monoisotopic (exact) mass is 611 g/mol. The van der Waals surface area contributed by atoms with E-state index in [1.165, 1.54) is 7.11 Å². The Kier molecular flexibility index (Phi) is 8.34. The van der Waals surface area contributed by atoms with Crippen LogP contribution < -0.4 is 9.47 Å². The van der Waals surface area contributed by atoms with Crippen LogP contribution in [0.3, 0.4) is 0 Å². The Bertz CT molecular complexity index is 1330. The molecule has 0 radical (unpaired) electrons. The van der Waals surface area contributed by atoms with E-state index in [0.717, 1.165) is 26.7 Å². The quantitative estimate of drug-likeness (QED) is 0.251. The average Bonchev–Trinajstić information content (AvgIpc) is 3.08. The molecule has 1 fully saturated rings. The van der Waals surface area contributed by atoms with Gasteiger partial charge in [0.15, 0.2) is 11.5 Å². The molecular weight excluding hydrogens is 597 g/mol. The van der Waals surface area contributed by atoms with Gasteiger partial charge in [-0.25, -0.2) is 0 Å². The third kappa shape index (κ3) is 6.16. The van der Waals surface area contributed by atoms with Crippen LogP contribution in [0.15, 0.2) is 64.0 Å². The summed E-state index contributed by atoms with van der Waals surface area (Å²) >= 11 is 22.9. The molecule has 35 heavy (non-hydrogen) atoms. The lowest BCUT2D eigenvalue weighted by atomic mass is 10.1. The number of amides is 2. The second-order valence-corrected chi connectivity index (χ2v) is 10.6. The van der Waals surface area contributed by atoms with Crippen molar-refractivity contribution in [1.82, 2.24) is 4.90 Å². The standard InChI is InChI=1S/C25H17BrCl3NO4S/c1-33-21-9-15(8-20(29)23(21)34-13-14-2-5-17(26)6-3-14)10-22-24(31)30(25(32)35-22)12-16-4-7-18(27)11-19(16)28/h2-11H,12-13H2,1H3/b22-10-. The minimum Gasteiger partial charge on any atom is -0.493 e. The van der Waals surface area contributed by atoms with Crippen molar-refractivity contribution in [2.24, 2.45) is 0 Å². The van der Waals surface area contributed by atoms with Crippen LogP contribution in [0.5, 0.6) is 11.5 Å². The van der Waals surface area contributed by atoms with Crippen molar-refractivity contribution >= 4 is 79.7 Å². The molecule has 0 saturated carbocycles. The van der Waals surface area contributed by atoms with Gasteiger partial charge in [-0.3, -0.25) is 14.5 Å². The van der Waals surface area contributed by atoms with Gasteiger partial charge in [-0.2, -0.15) is 0 Å². The highest BCUT2D eigenvalue weighted by atomic mass is 79.9. The van der Waals surface area contributed by atoms with Crippen molar-refractivity contribution in [3.63, 3.8) is 0 Å². The van der Waals surface area contributed by atoms with Gasteiger partial charge in [0, 0.05) is 14.5 Å². The van der Waals surface area contributed by atoms with Gasteiger partial charge >= 0.3 is 0 Å². The number of methoxy groups -OCH3 is 1. The second kappa shape index (κ2) is 11.3. The third-order valence-corrected chi connectivity index (χ3v) is 7.37. The van der Waals surface area contributed by atoms with E-state index in [1.54, 1.807) is 36.4 Å². The van der Waals surface area contributed by atoms with Crippen molar-refractivity contribution in [3.8, 4) is 11.5 Å². The van der Waals surface area contributed by atoms with Gasteiger partial charge in [-0.15, -0.1) is 0 Å². The predicted octanol–water partition coefficient (Wildman–Crippen LogP) is 8.23. The summed E-state index contributed by atoms with van der Waals surface area (Å²) in [7, 11) is 1.51. The lowest BCUT2D eigenvalue weighted by molar-refractivity contribution is -0.123. The molecule has 1 aliphatic rings. The summed E-state index contributed by atoms with van der Waals surface area (Å²) < 4.78 is 12.3. The number of ether oxygens (including phenoxy) is 2. The molecule has 10 heteroatoms. The second-order valence-electron chi connectivity index (χ2n) is 7.45. The zero-order valence-electron chi connectivity index (χ0n) is 18.2. The number of thioether (sulfide) groups is 1. The van der Waals surface area contributed by atoms with E-state index < -0.39 is 5.91 Å². The number of halogens is 4. The van der Waals surface area contributed by atoms with Gasteiger partial charge in [-0.05, 0) is 70.9 Å². The van der Waals surface area contributed by atoms with Crippen LogP contribution in [-0.2, 0) is 17.9 Å². The molecule has 1 aliphatic heterocycles. The summed E-state index contributed by atoms with van der Waals surface area (Å²) in [5, 5.41) is 0.790. The smallest absolute Gasteiger partial charge is 0.293 e. The number of imide groups is 1. The van der Waals surface area contributed by atoms with Crippen LogP contribution in [-0.4, -0.2) is 23.2 Å². The molecule has 2 amide bonds. The first kappa shape index (κ1) is 25.9. The van der Waals surface area contributed by atoms with Gasteiger partial charge in [0.1, 0.15) is 6.61 Å². The fourth-order valence-electron chi connectivity index (χ4n) is 3.31. The highest BCUT2D eigenvalue weighted by Gasteiger charge is 2.35. The Morgan fingerprint density at radius 1 is 1.00 bits per heavy atom. The van der Waals surface area contributed by atoms with Crippen molar-refractivity contribution in [2.75, 3.05) is 7.11 Å². The van der Waals surface area contributed by atoms with Gasteiger partial charge in [-0.1, -0.05) is 68.9 Å². The number of nitrogens with zero attached hydrogens (tertiary/aromatic N) is 1. The van der Waals surface area contributed by atoms with E-state index in [4.69, 9.17) is 44.3 Å². The number of carbonyl (C=O) groups is 2. The maximum absolute atomic E-state index is 12.9. The molecule has 4 rings (SSSR count). The Balaban J connectivity index is 1.53. The zero-order chi connectivity index (χ0) is 25.1. The van der Waals surface area contributed by atoms with E-state index in [9.17, 15) is 9.59 Å². The molecule has 0 aliphatic carbocycles. The molecule has 1 saturated heterocycles. The lowest BCUT2D eigenvalue weighted by Crippen LogP contribution is -2.27. The van der Waals surface area contributed by atoms with E-state index >= 15 is 0 Å². The van der Waals surface area contributed by atoms with Gasteiger partial charge in [0.25, 0.3) is 11.1 Å². The summed E-state index contributed by atoms with van der Waals surface area (Å²) in [6, 6.07) is 16.0. The molecule has 3 aromatic rings. The van der Waals surface area contributed by atoms with Crippen molar-refractivity contribution in [1.29, 1.82) is 0 Å². The lowest BCUT2D eigenvalue weighted by Gasteiger charge is -2.14. The minimum absolute atomic E-state index is 0.0465. The van der Waals surface area contributed by atoms with E-state index in [2.05, 4.69) is 15.9 Å². The highest BCUT2D eigenvalue weighted by Crippen LogP contribution is 2.40. The zero-order valence-corrected chi connectivity index (χ0v) is 22.9. The molecule has 0 unspecified atom stereocenters. The molecule has 0 spiro atoms. The molecule has 3 aromatic carbocycles. The summed E-state index contributed by atoms with van der Waals surface area (Å²) in [6.45, 7) is 0.347. The SMILES string of the molecule is COc1cc(/C=C2\SC(=O)N(Cc3ccc(Cl)cc3Cl)C2=O)cc(Cl)c1OCc1ccc(Br)cc1. The van der Waals surface area contributed by atoms with Crippen LogP contribution in [0.4, 0.5) is 4.79 Å². The van der Waals surface area contributed by atoms with Crippen LogP contribution in [0.1, 0.15) is 16.7 Å². The molecular formula is C25H17BrCl3NO4S. The summed E-state index contributed by atoms with van der Waals surface area (Å²) in [4.78, 5) is 26.9. The molecule has 0 aromatic heterocycles. The van der Waals surface area contributed by atoms with Crippen molar-refractivity contribution < 1.29 is 19.1 Å². The number of rotatable bonds is 7. The van der Waals surface area contributed by atoms with Gasteiger partial charge < -0.3 is 9.47 Å². The van der Waals surface area contributed by atoms with E-state index in [-0.39, 0.29) is 16.7 Å². The van der Waals surface area contributed by atoms with Crippen LogP contribution in [0, 0.1) is 0 Å². The molecule has 0 N–H and O–H groups in total. The van der Waals surface area contributed by atoms with Crippen LogP contribution >= 0.6 is 62.5 Å². The Labute approximate surface area is 230 Å². The van der Waals surface area contributed by atoms with E-state index in [0.29, 0.717) is 44.3 Å². The van der Waals surface area contributed by atoms with Crippen LogP contribution in [0.2, 0.25) is 15.1 Å². The normalized spacial score (nSPS) is 14.7. The maximum atomic E-state index is 12.9. The number of hydrogen-bond donors (Lipinski definition) is 0. The Hall–Kier alpha value is -2.16. The maximum Gasteiger partial charge on any atom is 0.293 e. The first-order valence-corrected chi connectivity index (χ1v) is 12.9. The number of carbonyl (C=O) groups excluding carboxylic acids is 2. The summed E-state index contributed by atoms with van der Waals surface area (Å²) in [5.74, 6) is 0.379. The summed E-state index contributed by atoms with van der Waals surface area (Å²) in [6.07, 6.45) is 1.60. The third-order valence-electron chi connectivity index (χ3n) is 5.06. The predicted molar refractivity (Wildman–Crippen MR) is 144 cm³/mol. The first-order chi connectivity index (χ1) is 16.7. The molecule has 0 bridgehead atoms. The molecule has 180 valence electrons. The largest absolute Gasteiger partial charge is 0.493 e. The topological polar surface area (TPSA) is 55.8 Å². The fraction of sp³-hybridized carbons (Fsp3) is 0.120. The highest BCUT2D eigenvalue weighted by molar-refractivity contribution is 9.10. The minimum atomic E-state index is -0.420. The molecule has 5 nitrogen and oxygen atoms in total. The summed E-state index contributed by atoms with van der Waals surface area (Å²) in [5.41, 5.74) is 2.18. The van der Waals surface area contributed by atoms with Crippen molar-refractivity contribution in [2.45, 2.75) is 13.2 Å². The van der Waals surface area contributed by atoms with E-state index in [1.807, 2.05) is 24.3 Å². The first-order valence-electron chi connectivity index (χ1n) is 10.2. The number of benzene rings is 3. The van der Waals surface area contributed by atoms with Crippen LogP contribution in [0.25, 0.3) is 6.08 Å². The number of hydrogen-bond acceptors (Lipinski definition) is 5. The molecule has 1 heterocycles. The molecule has 0 atom stereocenters. The Morgan fingerprint density at radius 3 is 2.43 bits per heavy atom. The van der Waals surface area contributed by atoms with Gasteiger partial charge in [0.05, 0.1) is 23.6 Å².